The standard InChI is InChI=1S/C32H34F3N3O5S/c33-32(34,35)25-6-3-7-27(18-25)44(40,41)38-21-24-5-2-1-4-23(24)17-26(38)19-31(39)36-29-10-13-43-30-16-22(8-9-28(29)30)20-37-11-14-42-15-12-37/h1-9,16,18,26,29H,10-15,17,19-21H2,(H,36,39)/t26-,29+/m0/s1. The van der Waals surface area contributed by atoms with E-state index in [1.165, 1.54) is 4.31 Å². The summed E-state index contributed by atoms with van der Waals surface area (Å²) in [6, 6.07) is 16.0. The van der Waals surface area contributed by atoms with Gasteiger partial charge in [-0.15, -0.1) is 0 Å². The van der Waals surface area contributed by atoms with Crippen molar-refractivity contribution in [3.63, 3.8) is 0 Å². The summed E-state index contributed by atoms with van der Waals surface area (Å²) in [6.07, 6.45) is -4.02. The van der Waals surface area contributed by atoms with Crippen molar-refractivity contribution in [3.8, 4) is 5.75 Å². The van der Waals surface area contributed by atoms with Gasteiger partial charge in [-0.25, -0.2) is 8.42 Å². The number of ether oxygens (including phenoxy) is 2. The van der Waals surface area contributed by atoms with Crippen LogP contribution in [-0.2, 0) is 45.2 Å². The normalized spacial score (nSPS) is 21.2. The molecule has 2 atom stereocenters. The van der Waals surface area contributed by atoms with Crippen molar-refractivity contribution < 1.29 is 35.9 Å². The summed E-state index contributed by atoms with van der Waals surface area (Å²) in [4.78, 5) is 15.3. The number of amides is 1. The molecular weight excluding hydrogens is 595 g/mol. The van der Waals surface area contributed by atoms with Gasteiger partial charge in [-0.1, -0.05) is 42.5 Å². The van der Waals surface area contributed by atoms with E-state index in [0.29, 0.717) is 38.1 Å². The van der Waals surface area contributed by atoms with Gasteiger partial charge in [0.1, 0.15) is 5.75 Å². The van der Waals surface area contributed by atoms with Crippen LogP contribution in [0, 0.1) is 0 Å². The Morgan fingerprint density at radius 1 is 0.955 bits per heavy atom. The van der Waals surface area contributed by atoms with Gasteiger partial charge in [0.2, 0.25) is 15.9 Å². The second-order valence-electron chi connectivity index (χ2n) is 11.4. The van der Waals surface area contributed by atoms with Gasteiger partial charge in [0.05, 0.1) is 36.3 Å². The molecule has 0 aliphatic carbocycles. The molecule has 0 unspecified atom stereocenters. The maximum atomic E-state index is 13.8. The number of sulfonamides is 1. The highest BCUT2D eigenvalue weighted by atomic mass is 32.2. The third-order valence-corrected chi connectivity index (χ3v) is 10.4. The highest BCUT2D eigenvalue weighted by molar-refractivity contribution is 7.89. The van der Waals surface area contributed by atoms with E-state index in [0.717, 1.165) is 60.1 Å². The topological polar surface area (TPSA) is 88.2 Å². The van der Waals surface area contributed by atoms with E-state index in [2.05, 4.69) is 10.2 Å². The van der Waals surface area contributed by atoms with Crippen molar-refractivity contribution in [1.82, 2.24) is 14.5 Å². The lowest BCUT2D eigenvalue weighted by Crippen LogP contribution is -2.47. The van der Waals surface area contributed by atoms with Gasteiger partial charge in [0.25, 0.3) is 0 Å². The third-order valence-electron chi connectivity index (χ3n) is 8.46. The van der Waals surface area contributed by atoms with E-state index >= 15 is 0 Å². The number of carbonyl (C=O) groups excluding carboxylic acids is 1. The molecule has 0 bridgehead atoms. The zero-order chi connectivity index (χ0) is 30.9. The van der Waals surface area contributed by atoms with Crippen LogP contribution in [0.2, 0.25) is 0 Å². The second-order valence-corrected chi connectivity index (χ2v) is 13.3. The molecule has 234 valence electrons. The Kier molecular flexibility index (Phi) is 8.69. The van der Waals surface area contributed by atoms with Crippen LogP contribution in [0.5, 0.6) is 5.75 Å². The van der Waals surface area contributed by atoms with E-state index in [-0.39, 0.29) is 31.3 Å². The lowest BCUT2D eigenvalue weighted by atomic mass is 9.93. The second kappa shape index (κ2) is 12.5. The number of hydrogen-bond acceptors (Lipinski definition) is 6. The van der Waals surface area contributed by atoms with Crippen LogP contribution in [0.3, 0.4) is 0 Å². The molecule has 3 aliphatic rings. The lowest BCUT2D eigenvalue weighted by molar-refractivity contribution is -0.137. The minimum atomic E-state index is -4.69. The molecule has 44 heavy (non-hydrogen) atoms. The number of fused-ring (bicyclic) bond motifs is 2. The molecule has 1 N–H and O–H groups in total. The average Bonchev–Trinajstić information content (AvgIpc) is 3.01. The Morgan fingerprint density at radius 2 is 1.73 bits per heavy atom. The summed E-state index contributed by atoms with van der Waals surface area (Å²) < 4.78 is 80.4. The van der Waals surface area contributed by atoms with Crippen LogP contribution >= 0.6 is 0 Å². The van der Waals surface area contributed by atoms with Crippen LogP contribution < -0.4 is 10.1 Å². The Balaban J connectivity index is 1.20. The molecule has 3 aromatic carbocycles. The van der Waals surface area contributed by atoms with Crippen molar-refractivity contribution in [3.05, 3.63) is 94.5 Å². The van der Waals surface area contributed by atoms with Crippen molar-refractivity contribution in [2.75, 3.05) is 32.9 Å². The first-order chi connectivity index (χ1) is 21.1. The van der Waals surface area contributed by atoms with Crippen molar-refractivity contribution in [2.24, 2.45) is 0 Å². The van der Waals surface area contributed by atoms with E-state index in [1.54, 1.807) is 12.1 Å². The molecule has 3 aromatic rings. The molecule has 1 fully saturated rings. The number of nitrogens with one attached hydrogen (secondary N) is 1. The highest BCUT2D eigenvalue weighted by Crippen LogP contribution is 2.36. The van der Waals surface area contributed by atoms with Gasteiger partial charge in [-0.2, -0.15) is 17.5 Å². The van der Waals surface area contributed by atoms with Crippen LogP contribution in [0.25, 0.3) is 0 Å². The van der Waals surface area contributed by atoms with Crippen molar-refractivity contribution in [1.29, 1.82) is 0 Å². The van der Waals surface area contributed by atoms with Gasteiger partial charge in [-0.05, 0) is 47.4 Å². The highest BCUT2D eigenvalue weighted by Gasteiger charge is 2.39. The number of nitrogens with zero attached hydrogens (tertiary/aromatic N) is 2. The number of carbonyl (C=O) groups is 1. The Morgan fingerprint density at radius 3 is 2.50 bits per heavy atom. The SMILES string of the molecule is O=C(C[C@@H]1Cc2ccccc2CN1S(=O)(=O)c1cccc(C(F)(F)F)c1)N[C@@H]1CCOc2cc(CN3CCOCC3)ccc21. The molecule has 0 radical (unpaired) electrons. The first-order valence-corrected chi connectivity index (χ1v) is 16.1. The van der Waals surface area contributed by atoms with E-state index in [1.807, 2.05) is 30.3 Å². The Hall–Kier alpha value is -3.45. The molecule has 8 nitrogen and oxygen atoms in total. The van der Waals surface area contributed by atoms with Crippen molar-refractivity contribution in [2.45, 2.75) is 55.5 Å². The average molecular weight is 630 g/mol. The third kappa shape index (κ3) is 6.63. The molecule has 0 spiro atoms. The fraction of sp³-hybridized carbons (Fsp3) is 0.406. The summed E-state index contributed by atoms with van der Waals surface area (Å²) in [6.45, 7) is 4.30. The maximum Gasteiger partial charge on any atom is 0.416 e. The Labute approximate surface area is 254 Å². The van der Waals surface area contributed by atoms with Gasteiger partial charge in [0.15, 0.2) is 0 Å². The molecule has 3 heterocycles. The fourth-order valence-electron chi connectivity index (χ4n) is 6.15. The zero-order valence-electron chi connectivity index (χ0n) is 24.1. The summed E-state index contributed by atoms with van der Waals surface area (Å²) >= 11 is 0. The smallest absolute Gasteiger partial charge is 0.416 e. The first-order valence-electron chi connectivity index (χ1n) is 14.7. The molecule has 6 rings (SSSR count). The molecule has 1 saturated heterocycles. The van der Waals surface area contributed by atoms with Crippen molar-refractivity contribution >= 4 is 15.9 Å². The minimum absolute atomic E-state index is 0.0429. The van der Waals surface area contributed by atoms with E-state index < -0.39 is 32.7 Å². The summed E-state index contributed by atoms with van der Waals surface area (Å²) in [7, 11) is -4.36. The lowest BCUT2D eigenvalue weighted by Gasteiger charge is -2.36. The van der Waals surface area contributed by atoms with Crippen LogP contribution in [-0.4, -0.2) is 62.5 Å². The van der Waals surface area contributed by atoms with Gasteiger partial charge >= 0.3 is 6.18 Å². The summed E-state index contributed by atoms with van der Waals surface area (Å²) in [5.74, 6) is 0.376. The largest absolute Gasteiger partial charge is 0.493 e. The number of hydrogen-bond donors (Lipinski definition) is 1. The number of rotatable bonds is 7. The molecular formula is C32H34F3N3O5S. The van der Waals surface area contributed by atoms with Crippen LogP contribution in [0.15, 0.2) is 71.6 Å². The Bertz CT molecular complexity index is 1630. The molecule has 0 aromatic heterocycles. The molecule has 12 heteroatoms. The monoisotopic (exact) mass is 629 g/mol. The zero-order valence-corrected chi connectivity index (χ0v) is 24.9. The van der Waals surface area contributed by atoms with E-state index in [9.17, 15) is 26.4 Å². The van der Waals surface area contributed by atoms with Crippen LogP contribution in [0.4, 0.5) is 13.2 Å². The molecule has 3 aliphatic heterocycles. The predicted molar refractivity (Wildman–Crippen MR) is 156 cm³/mol. The minimum Gasteiger partial charge on any atom is -0.493 e. The quantitative estimate of drug-likeness (QED) is 0.409. The maximum absolute atomic E-state index is 13.8. The molecule has 0 saturated carbocycles. The molecule has 1 amide bonds. The van der Waals surface area contributed by atoms with Gasteiger partial charge in [-0.3, -0.25) is 9.69 Å². The number of benzene rings is 3. The number of alkyl halides is 3. The predicted octanol–water partition coefficient (Wildman–Crippen LogP) is 4.68. The van der Waals surface area contributed by atoms with Crippen LogP contribution in [0.1, 0.15) is 46.7 Å². The summed E-state index contributed by atoms with van der Waals surface area (Å²) in [5.41, 5.74) is 2.58. The first kappa shape index (κ1) is 30.6. The fourth-order valence-corrected chi connectivity index (χ4v) is 7.80. The van der Waals surface area contributed by atoms with E-state index in [4.69, 9.17) is 9.47 Å². The van der Waals surface area contributed by atoms with Gasteiger partial charge in [0, 0.05) is 50.6 Å². The van der Waals surface area contributed by atoms with Gasteiger partial charge < -0.3 is 14.8 Å². The number of morpholine rings is 1. The number of halogens is 3. The summed E-state index contributed by atoms with van der Waals surface area (Å²) in [5, 5.41) is 3.07.